The number of para-hydroxylation sites is 3. The summed E-state index contributed by atoms with van der Waals surface area (Å²) in [6.45, 7) is 0.471. The number of methoxy groups -OCH3 is 1. The highest BCUT2D eigenvalue weighted by Crippen LogP contribution is 2.25. The molecule has 9 nitrogen and oxygen atoms in total. The molecule has 0 unspecified atom stereocenters. The molecule has 0 heterocycles. The summed E-state index contributed by atoms with van der Waals surface area (Å²) in [4.78, 5) is 24.3. The van der Waals surface area contributed by atoms with Gasteiger partial charge in [-0.2, -0.15) is 0 Å². The average molecular weight is 496 g/mol. The van der Waals surface area contributed by atoms with Crippen molar-refractivity contribution in [3.05, 3.63) is 84.4 Å². The van der Waals surface area contributed by atoms with Gasteiger partial charge in [-0.25, -0.2) is 0 Å². The normalized spacial score (nSPS) is 9.97. The quantitative estimate of drug-likeness (QED) is 0.224. The van der Waals surface area contributed by atoms with Gasteiger partial charge in [-0.05, 0) is 60.7 Å². The maximum Gasteiger partial charge on any atom is 0.276 e. The zero-order chi connectivity index (χ0) is 24.9. The predicted octanol–water partition coefficient (Wildman–Crippen LogP) is 2.87. The Morgan fingerprint density at radius 1 is 0.743 bits per heavy atom. The zero-order valence-corrected chi connectivity index (χ0v) is 19.8. The summed E-state index contributed by atoms with van der Waals surface area (Å²) in [7, 11) is 1.51. The highest BCUT2D eigenvalue weighted by Gasteiger charge is 2.10. The molecule has 0 aromatic heterocycles. The topological polar surface area (TPSA) is 107 Å². The molecule has 0 atom stereocenters. The molecule has 182 valence electrons. The number of thiocarbonyl (C=S) groups is 1. The van der Waals surface area contributed by atoms with Crippen LogP contribution in [-0.4, -0.2) is 43.9 Å². The molecule has 0 aliphatic rings. The van der Waals surface area contributed by atoms with Crippen LogP contribution in [0.3, 0.4) is 0 Å². The van der Waals surface area contributed by atoms with Crippen molar-refractivity contribution < 1.29 is 28.5 Å². The summed E-state index contributed by atoms with van der Waals surface area (Å²) in [6, 6.07) is 22.9. The van der Waals surface area contributed by atoms with Gasteiger partial charge in [0.05, 0.1) is 7.11 Å². The Balaban J connectivity index is 1.34. The van der Waals surface area contributed by atoms with Crippen molar-refractivity contribution in [2.75, 3.05) is 26.9 Å². The minimum Gasteiger partial charge on any atom is -0.493 e. The standard InChI is InChI=1S/C25H25N3O6S/c1-31-21-9-5-6-10-22(21)34-17-23(29)27-28-25(35)26-24(30)18-11-13-20(14-12-18)33-16-15-32-19-7-3-2-4-8-19/h2-14H,15-17H2,1H3,(H,27,29)(H2,26,28,30,35). The Morgan fingerprint density at radius 2 is 1.34 bits per heavy atom. The van der Waals surface area contributed by atoms with Gasteiger partial charge in [0.25, 0.3) is 11.8 Å². The molecule has 0 saturated carbocycles. The molecule has 35 heavy (non-hydrogen) atoms. The number of hydrazine groups is 1. The fourth-order valence-electron chi connectivity index (χ4n) is 2.79. The van der Waals surface area contributed by atoms with E-state index in [1.54, 1.807) is 48.5 Å². The van der Waals surface area contributed by atoms with Gasteiger partial charge in [0.15, 0.2) is 23.2 Å². The fraction of sp³-hybridized carbons (Fsp3) is 0.160. The van der Waals surface area contributed by atoms with E-state index in [9.17, 15) is 9.59 Å². The first-order valence-electron chi connectivity index (χ1n) is 10.6. The highest BCUT2D eigenvalue weighted by molar-refractivity contribution is 7.80. The van der Waals surface area contributed by atoms with Gasteiger partial charge in [-0.3, -0.25) is 25.8 Å². The van der Waals surface area contributed by atoms with Crippen LogP contribution in [0.25, 0.3) is 0 Å². The smallest absolute Gasteiger partial charge is 0.276 e. The molecule has 3 rings (SSSR count). The monoisotopic (exact) mass is 495 g/mol. The highest BCUT2D eigenvalue weighted by atomic mass is 32.1. The molecule has 3 N–H and O–H groups in total. The molecule has 10 heteroatoms. The lowest BCUT2D eigenvalue weighted by Gasteiger charge is -2.13. The van der Waals surface area contributed by atoms with E-state index in [4.69, 9.17) is 31.2 Å². The van der Waals surface area contributed by atoms with E-state index in [2.05, 4.69) is 16.2 Å². The van der Waals surface area contributed by atoms with Crippen molar-refractivity contribution in [1.29, 1.82) is 0 Å². The summed E-state index contributed by atoms with van der Waals surface area (Å²) in [6.07, 6.45) is 0. The third-order valence-corrected chi connectivity index (χ3v) is 4.65. The van der Waals surface area contributed by atoms with Gasteiger partial charge >= 0.3 is 0 Å². The molecule has 2 amide bonds. The molecule has 0 radical (unpaired) electrons. The van der Waals surface area contributed by atoms with Crippen LogP contribution < -0.4 is 35.1 Å². The Kier molecular flexibility index (Phi) is 9.70. The number of ether oxygens (including phenoxy) is 4. The van der Waals surface area contributed by atoms with Gasteiger partial charge in [0.2, 0.25) is 0 Å². The fourth-order valence-corrected chi connectivity index (χ4v) is 2.93. The second-order valence-corrected chi connectivity index (χ2v) is 7.34. The number of carbonyl (C=O) groups excluding carboxylic acids is 2. The van der Waals surface area contributed by atoms with E-state index < -0.39 is 11.8 Å². The largest absolute Gasteiger partial charge is 0.493 e. The summed E-state index contributed by atoms with van der Waals surface area (Å²) in [5, 5.41) is 2.41. The van der Waals surface area contributed by atoms with Crippen molar-refractivity contribution in [3.63, 3.8) is 0 Å². The summed E-state index contributed by atoms with van der Waals surface area (Å²) >= 11 is 5.05. The van der Waals surface area contributed by atoms with Crippen LogP contribution in [0.5, 0.6) is 23.0 Å². The summed E-state index contributed by atoms with van der Waals surface area (Å²) in [5.74, 6) is 1.37. The molecular formula is C25H25N3O6S. The van der Waals surface area contributed by atoms with E-state index in [0.29, 0.717) is 36.0 Å². The Hall–Kier alpha value is -4.31. The van der Waals surface area contributed by atoms with Crippen LogP contribution in [0.4, 0.5) is 0 Å². The molecular weight excluding hydrogens is 470 g/mol. The van der Waals surface area contributed by atoms with Crippen LogP contribution in [0.2, 0.25) is 0 Å². The number of hydrogen-bond donors (Lipinski definition) is 3. The van der Waals surface area contributed by atoms with E-state index in [-0.39, 0.29) is 11.7 Å². The number of rotatable bonds is 10. The van der Waals surface area contributed by atoms with Gasteiger partial charge in [-0.15, -0.1) is 0 Å². The maximum absolute atomic E-state index is 12.4. The molecule has 0 spiro atoms. The Morgan fingerprint density at radius 3 is 2.00 bits per heavy atom. The molecule has 3 aromatic rings. The predicted molar refractivity (Wildman–Crippen MR) is 134 cm³/mol. The van der Waals surface area contributed by atoms with Crippen molar-refractivity contribution in [1.82, 2.24) is 16.2 Å². The lowest BCUT2D eigenvalue weighted by Crippen LogP contribution is -2.49. The van der Waals surface area contributed by atoms with Gasteiger partial charge < -0.3 is 18.9 Å². The first-order chi connectivity index (χ1) is 17.0. The second kappa shape index (κ2) is 13.4. The SMILES string of the molecule is COc1ccccc1OCC(=O)NNC(=S)NC(=O)c1ccc(OCCOc2ccccc2)cc1. The Labute approximate surface area is 208 Å². The second-order valence-electron chi connectivity index (χ2n) is 6.93. The molecule has 0 aliphatic heterocycles. The van der Waals surface area contributed by atoms with Crippen LogP contribution in [0.1, 0.15) is 10.4 Å². The van der Waals surface area contributed by atoms with Crippen molar-refractivity contribution in [2.24, 2.45) is 0 Å². The third-order valence-electron chi connectivity index (χ3n) is 4.45. The van der Waals surface area contributed by atoms with Crippen LogP contribution in [0, 0.1) is 0 Å². The van der Waals surface area contributed by atoms with E-state index in [0.717, 1.165) is 5.75 Å². The van der Waals surface area contributed by atoms with Crippen LogP contribution >= 0.6 is 12.2 Å². The number of hydrogen-bond acceptors (Lipinski definition) is 7. The lowest BCUT2D eigenvalue weighted by atomic mass is 10.2. The average Bonchev–Trinajstić information content (AvgIpc) is 2.89. The van der Waals surface area contributed by atoms with Crippen molar-refractivity contribution >= 4 is 29.1 Å². The molecule has 3 aromatic carbocycles. The number of nitrogens with one attached hydrogen (secondary N) is 3. The van der Waals surface area contributed by atoms with E-state index in [1.807, 2.05) is 30.3 Å². The minimum atomic E-state index is -0.495. The molecule has 0 aliphatic carbocycles. The maximum atomic E-state index is 12.4. The lowest BCUT2D eigenvalue weighted by molar-refractivity contribution is -0.123. The Bertz CT molecular complexity index is 1130. The van der Waals surface area contributed by atoms with E-state index in [1.165, 1.54) is 7.11 Å². The third kappa shape index (κ3) is 8.52. The van der Waals surface area contributed by atoms with Crippen molar-refractivity contribution in [3.8, 4) is 23.0 Å². The number of amides is 2. The van der Waals surface area contributed by atoms with Crippen LogP contribution in [0.15, 0.2) is 78.9 Å². The first-order valence-corrected chi connectivity index (χ1v) is 11.0. The van der Waals surface area contributed by atoms with Gasteiger partial charge in [0, 0.05) is 5.56 Å². The summed E-state index contributed by atoms with van der Waals surface area (Å²) in [5.41, 5.74) is 5.18. The molecule has 0 saturated heterocycles. The molecule has 0 bridgehead atoms. The van der Waals surface area contributed by atoms with Crippen LogP contribution in [-0.2, 0) is 4.79 Å². The van der Waals surface area contributed by atoms with Crippen molar-refractivity contribution in [2.45, 2.75) is 0 Å². The zero-order valence-electron chi connectivity index (χ0n) is 19.0. The molecule has 0 fully saturated rings. The number of benzene rings is 3. The first kappa shape index (κ1) is 25.3. The summed E-state index contributed by atoms with van der Waals surface area (Å²) < 4.78 is 21.8. The minimum absolute atomic E-state index is 0.0703. The van der Waals surface area contributed by atoms with Gasteiger partial charge in [-0.1, -0.05) is 30.3 Å². The van der Waals surface area contributed by atoms with E-state index >= 15 is 0 Å². The van der Waals surface area contributed by atoms with Gasteiger partial charge in [0.1, 0.15) is 24.7 Å². The number of carbonyl (C=O) groups is 2.